The molecule has 4 heteroatoms. The maximum atomic E-state index is 11.8. The molecular formula is C17H15N3O. The molecule has 2 heterocycles. The van der Waals surface area contributed by atoms with E-state index in [4.69, 9.17) is 0 Å². The third-order valence-corrected chi connectivity index (χ3v) is 3.09. The molecule has 0 saturated carbocycles. The molecular weight excluding hydrogens is 262 g/mol. The first-order valence-electron chi connectivity index (χ1n) is 6.75. The first kappa shape index (κ1) is 13.1. The summed E-state index contributed by atoms with van der Waals surface area (Å²) in [6, 6.07) is 17.5. The summed E-state index contributed by atoms with van der Waals surface area (Å²) >= 11 is 0. The number of pyridine rings is 1. The molecule has 0 atom stereocenters. The van der Waals surface area contributed by atoms with Gasteiger partial charge in [-0.05, 0) is 29.8 Å². The van der Waals surface area contributed by atoms with Crippen molar-refractivity contribution in [1.82, 2.24) is 14.9 Å². The topological polar surface area (TPSA) is 46.4 Å². The van der Waals surface area contributed by atoms with Crippen LogP contribution in [0.15, 0.2) is 66.9 Å². The average molecular weight is 277 g/mol. The lowest BCUT2D eigenvalue weighted by atomic mass is 10.2. The Hall–Kier alpha value is -2.88. The van der Waals surface area contributed by atoms with Gasteiger partial charge in [0, 0.05) is 12.3 Å². The first-order valence-corrected chi connectivity index (χ1v) is 6.75. The highest BCUT2D eigenvalue weighted by Crippen LogP contribution is 2.05. The van der Waals surface area contributed by atoms with Crippen LogP contribution in [0.25, 0.3) is 11.6 Å². The van der Waals surface area contributed by atoms with Crippen molar-refractivity contribution in [3.8, 4) is 0 Å². The van der Waals surface area contributed by atoms with E-state index < -0.39 is 0 Å². The fraction of sp³-hybridized carbons (Fsp3) is 0.0588. The Morgan fingerprint density at radius 3 is 2.76 bits per heavy atom. The van der Waals surface area contributed by atoms with Crippen molar-refractivity contribution in [1.29, 1.82) is 0 Å². The number of rotatable bonds is 4. The standard InChI is InChI=1S/C17H15N3O/c21-17(10-9-14-6-2-1-3-7-14)18-13-15-12-16-8-4-5-11-20(16)19-15/h1-12H,13H2,(H,18,21). The zero-order valence-electron chi connectivity index (χ0n) is 11.4. The van der Waals surface area contributed by atoms with Crippen molar-refractivity contribution >= 4 is 17.5 Å². The quantitative estimate of drug-likeness (QED) is 0.745. The van der Waals surface area contributed by atoms with Gasteiger partial charge in [0.05, 0.1) is 17.8 Å². The van der Waals surface area contributed by atoms with Crippen LogP contribution >= 0.6 is 0 Å². The second-order valence-corrected chi connectivity index (χ2v) is 4.67. The molecule has 0 bridgehead atoms. The number of hydrogen-bond acceptors (Lipinski definition) is 2. The number of fused-ring (bicyclic) bond motifs is 1. The van der Waals surface area contributed by atoms with Gasteiger partial charge in [0.1, 0.15) is 0 Å². The minimum atomic E-state index is -0.129. The molecule has 0 aliphatic heterocycles. The Labute approximate surface area is 122 Å². The van der Waals surface area contributed by atoms with Crippen LogP contribution in [-0.2, 0) is 11.3 Å². The van der Waals surface area contributed by atoms with E-state index in [1.54, 1.807) is 10.6 Å². The molecule has 104 valence electrons. The van der Waals surface area contributed by atoms with Crippen LogP contribution in [0.1, 0.15) is 11.3 Å². The smallest absolute Gasteiger partial charge is 0.244 e. The van der Waals surface area contributed by atoms with E-state index in [-0.39, 0.29) is 5.91 Å². The number of amides is 1. The van der Waals surface area contributed by atoms with Gasteiger partial charge < -0.3 is 5.32 Å². The lowest BCUT2D eigenvalue weighted by molar-refractivity contribution is -0.116. The monoisotopic (exact) mass is 277 g/mol. The third kappa shape index (κ3) is 3.36. The van der Waals surface area contributed by atoms with Gasteiger partial charge in [-0.1, -0.05) is 36.4 Å². The molecule has 0 aliphatic carbocycles. The average Bonchev–Trinajstić information content (AvgIpc) is 2.95. The van der Waals surface area contributed by atoms with Gasteiger partial charge in [-0.15, -0.1) is 0 Å². The summed E-state index contributed by atoms with van der Waals surface area (Å²) in [7, 11) is 0. The second-order valence-electron chi connectivity index (χ2n) is 4.67. The van der Waals surface area contributed by atoms with Gasteiger partial charge in [-0.2, -0.15) is 5.10 Å². The maximum absolute atomic E-state index is 11.8. The summed E-state index contributed by atoms with van der Waals surface area (Å²) in [6.07, 6.45) is 5.21. The molecule has 1 amide bonds. The summed E-state index contributed by atoms with van der Waals surface area (Å²) < 4.78 is 1.79. The Morgan fingerprint density at radius 1 is 1.14 bits per heavy atom. The van der Waals surface area contributed by atoms with E-state index in [0.717, 1.165) is 16.8 Å². The van der Waals surface area contributed by atoms with Crippen LogP contribution in [0.4, 0.5) is 0 Å². The molecule has 1 N–H and O–H groups in total. The molecule has 2 aromatic heterocycles. The predicted octanol–water partition coefficient (Wildman–Crippen LogP) is 2.66. The van der Waals surface area contributed by atoms with E-state index in [2.05, 4.69) is 10.4 Å². The molecule has 0 spiro atoms. The summed E-state index contributed by atoms with van der Waals surface area (Å²) in [5.41, 5.74) is 2.85. The number of nitrogens with one attached hydrogen (secondary N) is 1. The Kier molecular flexibility index (Phi) is 3.78. The van der Waals surface area contributed by atoms with Crippen molar-refractivity contribution in [2.75, 3.05) is 0 Å². The highest BCUT2D eigenvalue weighted by molar-refractivity contribution is 5.91. The number of carbonyl (C=O) groups excluding carboxylic acids is 1. The van der Waals surface area contributed by atoms with Crippen LogP contribution in [0.5, 0.6) is 0 Å². The molecule has 3 rings (SSSR count). The highest BCUT2D eigenvalue weighted by Gasteiger charge is 2.02. The normalized spacial score (nSPS) is 11.0. The van der Waals surface area contributed by atoms with E-state index in [9.17, 15) is 4.79 Å². The molecule has 3 aromatic rings. The van der Waals surface area contributed by atoms with Crippen molar-refractivity contribution in [2.24, 2.45) is 0 Å². The number of aromatic nitrogens is 2. The van der Waals surface area contributed by atoms with Gasteiger partial charge in [0.15, 0.2) is 0 Å². The second kappa shape index (κ2) is 6.05. The van der Waals surface area contributed by atoms with Gasteiger partial charge in [-0.3, -0.25) is 4.79 Å². The van der Waals surface area contributed by atoms with Crippen molar-refractivity contribution in [2.45, 2.75) is 6.54 Å². The summed E-state index contributed by atoms with van der Waals surface area (Å²) in [4.78, 5) is 11.8. The summed E-state index contributed by atoms with van der Waals surface area (Å²) in [6.45, 7) is 0.416. The fourth-order valence-corrected chi connectivity index (χ4v) is 2.05. The van der Waals surface area contributed by atoms with E-state index >= 15 is 0 Å². The summed E-state index contributed by atoms with van der Waals surface area (Å²) in [5, 5.41) is 7.21. The SMILES string of the molecule is O=C(C=Cc1ccccc1)NCc1cc2ccccn2n1. The fourth-order valence-electron chi connectivity index (χ4n) is 2.05. The highest BCUT2D eigenvalue weighted by atomic mass is 16.1. The molecule has 0 saturated heterocycles. The van der Waals surface area contributed by atoms with Crippen LogP contribution in [0.3, 0.4) is 0 Å². The number of carbonyl (C=O) groups is 1. The van der Waals surface area contributed by atoms with Crippen molar-refractivity contribution in [3.05, 3.63) is 78.1 Å². The Bertz CT molecular complexity index is 742. The Morgan fingerprint density at radius 2 is 1.95 bits per heavy atom. The summed E-state index contributed by atoms with van der Waals surface area (Å²) in [5.74, 6) is -0.129. The number of hydrogen-bond donors (Lipinski definition) is 1. The lowest BCUT2D eigenvalue weighted by Crippen LogP contribution is -2.20. The van der Waals surface area contributed by atoms with E-state index in [1.807, 2.05) is 60.8 Å². The minimum absolute atomic E-state index is 0.129. The van der Waals surface area contributed by atoms with Crippen LogP contribution < -0.4 is 5.32 Å². The molecule has 0 fully saturated rings. The first-order chi connectivity index (χ1) is 10.3. The van der Waals surface area contributed by atoms with Gasteiger partial charge in [-0.25, -0.2) is 4.52 Å². The third-order valence-electron chi connectivity index (χ3n) is 3.09. The maximum Gasteiger partial charge on any atom is 0.244 e. The van der Waals surface area contributed by atoms with Gasteiger partial charge >= 0.3 is 0 Å². The molecule has 1 aromatic carbocycles. The molecule has 21 heavy (non-hydrogen) atoms. The van der Waals surface area contributed by atoms with Gasteiger partial charge in [0.25, 0.3) is 0 Å². The lowest BCUT2D eigenvalue weighted by Gasteiger charge is -1.98. The zero-order valence-corrected chi connectivity index (χ0v) is 11.4. The number of nitrogens with zero attached hydrogens (tertiary/aromatic N) is 2. The van der Waals surface area contributed by atoms with Crippen LogP contribution in [-0.4, -0.2) is 15.5 Å². The van der Waals surface area contributed by atoms with Crippen molar-refractivity contribution in [3.63, 3.8) is 0 Å². The van der Waals surface area contributed by atoms with Crippen molar-refractivity contribution < 1.29 is 4.79 Å². The molecule has 0 unspecified atom stereocenters. The zero-order chi connectivity index (χ0) is 14.5. The molecule has 4 nitrogen and oxygen atoms in total. The van der Waals surface area contributed by atoms with E-state index in [1.165, 1.54) is 6.08 Å². The minimum Gasteiger partial charge on any atom is -0.347 e. The molecule has 0 radical (unpaired) electrons. The van der Waals surface area contributed by atoms with Gasteiger partial charge in [0.2, 0.25) is 5.91 Å². The Balaban J connectivity index is 1.59. The largest absolute Gasteiger partial charge is 0.347 e. The number of benzene rings is 1. The van der Waals surface area contributed by atoms with Crippen LogP contribution in [0, 0.1) is 0 Å². The molecule has 0 aliphatic rings. The van der Waals surface area contributed by atoms with Crippen LogP contribution in [0.2, 0.25) is 0 Å². The van der Waals surface area contributed by atoms with E-state index in [0.29, 0.717) is 6.54 Å². The predicted molar refractivity (Wildman–Crippen MR) is 82.5 cm³/mol.